The maximum absolute atomic E-state index is 13.5. The molecule has 0 spiro atoms. The van der Waals surface area contributed by atoms with Crippen molar-refractivity contribution in [3.05, 3.63) is 35.1 Å². The van der Waals surface area contributed by atoms with E-state index in [1.54, 1.807) is 19.1 Å². The first-order chi connectivity index (χ1) is 9.04. The molecule has 1 aromatic rings. The molecule has 0 amide bonds. The molecule has 0 aliphatic carbocycles. The smallest absolute Gasteiger partial charge is 0.303 e. The van der Waals surface area contributed by atoms with Gasteiger partial charge in [-0.05, 0) is 49.4 Å². The van der Waals surface area contributed by atoms with Crippen LogP contribution in [-0.4, -0.2) is 29.1 Å². The molecule has 1 heterocycles. The van der Waals surface area contributed by atoms with E-state index in [0.717, 1.165) is 31.5 Å². The Morgan fingerprint density at radius 2 is 2.32 bits per heavy atom. The standard InChI is InChI=1S/C15H20FNO2/c1-11-4-5-13(7-14(11)16)10-17-6-2-3-12(9-17)8-15(18)19/h4-5,7,12H,2-3,6,8-10H2,1H3,(H,18,19). The Morgan fingerprint density at radius 3 is 3.00 bits per heavy atom. The molecular weight excluding hydrogens is 245 g/mol. The number of hydrogen-bond donors (Lipinski definition) is 1. The summed E-state index contributed by atoms with van der Waals surface area (Å²) in [6.07, 6.45) is 2.23. The normalized spacial score (nSPS) is 20.4. The molecule has 104 valence electrons. The first-order valence-electron chi connectivity index (χ1n) is 6.74. The molecule has 0 bridgehead atoms. The van der Waals surface area contributed by atoms with Crippen molar-refractivity contribution in [3.8, 4) is 0 Å². The van der Waals surface area contributed by atoms with Crippen molar-refractivity contribution in [1.29, 1.82) is 0 Å². The fourth-order valence-corrected chi connectivity index (χ4v) is 2.70. The Balaban J connectivity index is 1.94. The summed E-state index contributed by atoms with van der Waals surface area (Å²) in [5.74, 6) is -0.675. The van der Waals surface area contributed by atoms with Crippen LogP contribution in [0.5, 0.6) is 0 Å². The highest BCUT2D eigenvalue weighted by Gasteiger charge is 2.22. The Hall–Kier alpha value is -1.42. The number of carboxylic acids is 1. The molecule has 1 aromatic carbocycles. The Morgan fingerprint density at radius 1 is 1.53 bits per heavy atom. The van der Waals surface area contributed by atoms with E-state index in [1.807, 2.05) is 6.07 Å². The van der Waals surface area contributed by atoms with Crippen LogP contribution in [0.4, 0.5) is 4.39 Å². The summed E-state index contributed by atoms with van der Waals surface area (Å²) in [5.41, 5.74) is 1.62. The second-order valence-corrected chi connectivity index (χ2v) is 5.42. The molecule has 1 atom stereocenters. The topological polar surface area (TPSA) is 40.5 Å². The zero-order chi connectivity index (χ0) is 13.8. The van der Waals surface area contributed by atoms with E-state index < -0.39 is 5.97 Å². The molecule has 2 rings (SSSR count). The average Bonchev–Trinajstić information content (AvgIpc) is 2.33. The van der Waals surface area contributed by atoms with E-state index in [1.165, 1.54) is 0 Å². The minimum atomic E-state index is -0.728. The van der Waals surface area contributed by atoms with Crippen molar-refractivity contribution in [1.82, 2.24) is 4.90 Å². The third-order valence-corrected chi connectivity index (χ3v) is 3.71. The van der Waals surface area contributed by atoms with Gasteiger partial charge in [0, 0.05) is 19.5 Å². The molecule has 1 saturated heterocycles. The van der Waals surface area contributed by atoms with Gasteiger partial charge in [0.25, 0.3) is 0 Å². The van der Waals surface area contributed by atoms with Crippen molar-refractivity contribution in [2.45, 2.75) is 32.7 Å². The zero-order valence-corrected chi connectivity index (χ0v) is 11.2. The highest BCUT2D eigenvalue weighted by molar-refractivity contribution is 5.67. The maximum Gasteiger partial charge on any atom is 0.303 e. The number of nitrogens with zero attached hydrogens (tertiary/aromatic N) is 1. The van der Waals surface area contributed by atoms with E-state index >= 15 is 0 Å². The van der Waals surface area contributed by atoms with Crippen LogP contribution in [-0.2, 0) is 11.3 Å². The Kier molecular flexibility index (Phi) is 4.53. The average molecular weight is 265 g/mol. The summed E-state index contributed by atoms with van der Waals surface area (Å²) in [6.45, 7) is 4.21. The number of aliphatic carboxylic acids is 1. The molecular formula is C15H20FNO2. The van der Waals surface area contributed by atoms with Gasteiger partial charge in [-0.25, -0.2) is 4.39 Å². The summed E-state index contributed by atoms with van der Waals surface area (Å²) in [4.78, 5) is 13.0. The first kappa shape index (κ1) is 14.0. The van der Waals surface area contributed by atoms with Crippen LogP contribution in [0.25, 0.3) is 0 Å². The largest absolute Gasteiger partial charge is 0.481 e. The molecule has 3 nitrogen and oxygen atoms in total. The van der Waals surface area contributed by atoms with Crippen LogP contribution >= 0.6 is 0 Å². The number of hydrogen-bond acceptors (Lipinski definition) is 2. The van der Waals surface area contributed by atoms with E-state index in [-0.39, 0.29) is 18.2 Å². The molecule has 1 aliphatic heterocycles. The van der Waals surface area contributed by atoms with Crippen LogP contribution in [0, 0.1) is 18.7 Å². The number of aryl methyl sites for hydroxylation is 1. The predicted octanol–water partition coefficient (Wildman–Crippen LogP) is 2.82. The molecule has 19 heavy (non-hydrogen) atoms. The van der Waals surface area contributed by atoms with Crippen LogP contribution in [0.3, 0.4) is 0 Å². The number of halogens is 1. The summed E-state index contributed by atoms with van der Waals surface area (Å²) in [6, 6.07) is 5.32. The molecule has 0 saturated carbocycles. The van der Waals surface area contributed by atoms with Gasteiger partial charge in [-0.1, -0.05) is 12.1 Å². The third kappa shape index (κ3) is 4.03. The van der Waals surface area contributed by atoms with Gasteiger partial charge < -0.3 is 5.11 Å². The number of carboxylic acid groups (broad SMARTS) is 1. The number of benzene rings is 1. The summed E-state index contributed by atoms with van der Waals surface area (Å²) >= 11 is 0. The van der Waals surface area contributed by atoms with Gasteiger partial charge in [-0.2, -0.15) is 0 Å². The second kappa shape index (κ2) is 6.15. The molecule has 0 radical (unpaired) electrons. The molecule has 1 unspecified atom stereocenters. The highest BCUT2D eigenvalue weighted by Crippen LogP contribution is 2.21. The predicted molar refractivity (Wildman–Crippen MR) is 71.4 cm³/mol. The van der Waals surface area contributed by atoms with Gasteiger partial charge in [0.2, 0.25) is 0 Å². The van der Waals surface area contributed by atoms with E-state index in [0.29, 0.717) is 12.1 Å². The van der Waals surface area contributed by atoms with Crippen molar-refractivity contribution in [3.63, 3.8) is 0 Å². The summed E-state index contributed by atoms with van der Waals surface area (Å²) < 4.78 is 13.5. The SMILES string of the molecule is Cc1ccc(CN2CCCC(CC(=O)O)C2)cc1F. The molecule has 4 heteroatoms. The molecule has 1 N–H and O–H groups in total. The minimum absolute atomic E-state index is 0.170. The zero-order valence-electron chi connectivity index (χ0n) is 11.2. The van der Waals surface area contributed by atoms with Gasteiger partial charge in [0.15, 0.2) is 0 Å². The van der Waals surface area contributed by atoms with E-state index in [2.05, 4.69) is 4.90 Å². The van der Waals surface area contributed by atoms with Crippen LogP contribution < -0.4 is 0 Å². The minimum Gasteiger partial charge on any atom is -0.481 e. The molecule has 0 aromatic heterocycles. The summed E-state index contributed by atoms with van der Waals surface area (Å²) in [5, 5.41) is 8.84. The molecule has 1 fully saturated rings. The molecule has 1 aliphatic rings. The lowest BCUT2D eigenvalue weighted by Crippen LogP contribution is -2.35. The Labute approximate surface area is 113 Å². The highest BCUT2D eigenvalue weighted by atomic mass is 19.1. The second-order valence-electron chi connectivity index (χ2n) is 5.42. The number of likely N-dealkylation sites (tertiary alicyclic amines) is 1. The van der Waals surface area contributed by atoms with Crippen LogP contribution in [0.1, 0.15) is 30.4 Å². The van der Waals surface area contributed by atoms with Crippen molar-refractivity contribution in [2.75, 3.05) is 13.1 Å². The lowest BCUT2D eigenvalue weighted by Gasteiger charge is -2.32. The number of carbonyl (C=O) groups is 1. The van der Waals surface area contributed by atoms with Crippen molar-refractivity contribution >= 4 is 5.97 Å². The van der Waals surface area contributed by atoms with Gasteiger partial charge in [-0.15, -0.1) is 0 Å². The van der Waals surface area contributed by atoms with Crippen LogP contribution in [0.2, 0.25) is 0 Å². The lowest BCUT2D eigenvalue weighted by molar-refractivity contribution is -0.138. The van der Waals surface area contributed by atoms with Gasteiger partial charge in [0.1, 0.15) is 5.82 Å². The van der Waals surface area contributed by atoms with Gasteiger partial charge in [0.05, 0.1) is 0 Å². The van der Waals surface area contributed by atoms with E-state index in [9.17, 15) is 9.18 Å². The summed E-state index contributed by atoms with van der Waals surface area (Å²) in [7, 11) is 0. The third-order valence-electron chi connectivity index (χ3n) is 3.71. The Bertz CT molecular complexity index is 461. The fraction of sp³-hybridized carbons (Fsp3) is 0.533. The van der Waals surface area contributed by atoms with Gasteiger partial charge >= 0.3 is 5.97 Å². The van der Waals surface area contributed by atoms with E-state index in [4.69, 9.17) is 5.11 Å². The number of piperidine rings is 1. The first-order valence-corrected chi connectivity index (χ1v) is 6.74. The maximum atomic E-state index is 13.5. The lowest BCUT2D eigenvalue weighted by atomic mass is 9.94. The van der Waals surface area contributed by atoms with Gasteiger partial charge in [-0.3, -0.25) is 9.69 Å². The quantitative estimate of drug-likeness (QED) is 0.910. The fourth-order valence-electron chi connectivity index (χ4n) is 2.70. The number of rotatable bonds is 4. The van der Waals surface area contributed by atoms with Crippen molar-refractivity contribution < 1.29 is 14.3 Å². The monoisotopic (exact) mass is 265 g/mol. The van der Waals surface area contributed by atoms with Crippen LogP contribution in [0.15, 0.2) is 18.2 Å². The van der Waals surface area contributed by atoms with Crippen molar-refractivity contribution in [2.24, 2.45) is 5.92 Å².